The van der Waals surface area contributed by atoms with Crippen molar-refractivity contribution < 1.29 is 4.74 Å². The van der Waals surface area contributed by atoms with Gasteiger partial charge in [0.15, 0.2) is 5.82 Å². The van der Waals surface area contributed by atoms with Gasteiger partial charge in [-0.25, -0.2) is 9.97 Å². The number of rotatable bonds is 4. The molecule has 21 heavy (non-hydrogen) atoms. The first kappa shape index (κ1) is 13.5. The van der Waals surface area contributed by atoms with Crippen LogP contribution in [-0.2, 0) is 11.3 Å². The predicted molar refractivity (Wildman–Crippen MR) is 75.6 cm³/mol. The molecule has 3 rings (SSSR count). The molecule has 0 amide bonds. The van der Waals surface area contributed by atoms with Gasteiger partial charge in [-0.05, 0) is 12.5 Å². The van der Waals surface area contributed by atoms with Crippen LogP contribution in [0.25, 0.3) is 0 Å². The zero-order valence-electron chi connectivity index (χ0n) is 11.8. The van der Waals surface area contributed by atoms with Crippen molar-refractivity contribution in [3.8, 4) is 6.07 Å². The second-order valence-electron chi connectivity index (χ2n) is 4.97. The molecule has 7 nitrogen and oxygen atoms in total. The second-order valence-corrected chi connectivity index (χ2v) is 4.97. The lowest BCUT2D eigenvalue weighted by Gasteiger charge is -2.17. The van der Waals surface area contributed by atoms with Gasteiger partial charge in [0.2, 0.25) is 0 Å². The lowest BCUT2D eigenvalue weighted by molar-refractivity contribution is 0.178. The lowest BCUT2D eigenvalue weighted by atomic mass is 10.3. The van der Waals surface area contributed by atoms with Gasteiger partial charge in [0.1, 0.15) is 18.5 Å². The molecule has 7 heteroatoms. The molecule has 2 aromatic heterocycles. The molecule has 1 aliphatic rings. The Morgan fingerprint density at radius 3 is 3.19 bits per heavy atom. The largest absolute Gasteiger partial charge is 0.377 e. The second kappa shape index (κ2) is 5.89. The van der Waals surface area contributed by atoms with Gasteiger partial charge >= 0.3 is 0 Å². The van der Waals surface area contributed by atoms with Crippen LogP contribution < -0.4 is 4.90 Å². The van der Waals surface area contributed by atoms with E-state index in [9.17, 15) is 0 Å². The van der Waals surface area contributed by atoms with Crippen molar-refractivity contribution >= 4 is 5.82 Å². The van der Waals surface area contributed by atoms with Crippen LogP contribution in [0.15, 0.2) is 24.7 Å². The minimum Gasteiger partial charge on any atom is -0.377 e. The average molecular weight is 284 g/mol. The Morgan fingerprint density at radius 2 is 2.43 bits per heavy atom. The number of anilines is 1. The number of aromatic nitrogens is 4. The van der Waals surface area contributed by atoms with Gasteiger partial charge in [-0.1, -0.05) is 0 Å². The first-order chi connectivity index (χ1) is 10.3. The zero-order chi connectivity index (χ0) is 14.7. The first-order valence-electron chi connectivity index (χ1n) is 6.80. The molecule has 1 aliphatic heterocycles. The van der Waals surface area contributed by atoms with E-state index in [1.165, 1.54) is 0 Å². The topological polar surface area (TPSA) is 79.9 Å². The zero-order valence-corrected chi connectivity index (χ0v) is 11.8. The Kier molecular flexibility index (Phi) is 3.79. The molecule has 1 atom stereocenters. The summed E-state index contributed by atoms with van der Waals surface area (Å²) in [4.78, 5) is 10.9. The average Bonchev–Trinajstić information content (AvgIpc) is 3.17. The third-order valence-corrected chi connectivity index (χ3v) is 3.56. The molecule has 1 fully saturated rings. The van der Waals surface area contributed by atoms with Gasteiger partial charge < -0.3 is 9.64 Å². The predicted octanol–water partition coefficient (Wildman–Crippen LogP) is 1.14. The van der Waals surface area contributed by atoms with E-state index in [0.717, 1.165) is 25.3 Å². The van der Waals surface area contributed by atoms with Crippen LogP contribution >= 0.6 is 0 Å². The molecule has 1 saturated heterocycles. The van der Waals surface area contributed by atoms with Gasteiger partial charge in [0, 0.05) is 32.6 Å². The molecule has 0 bridgehead atoms. The third kappa shape index (κ3) is 2.85. The van der Waals surface area contributed by atoms with Crippen molar-refractivity contribution in [3.05, 3.63) is 36.0 Å². The Bertz CT molecular complexity index is 661. The maximum Gasteiger partial charge on any atom is 0.156 e. The molecule has 3 heterocycles. The minimum atomic E-state index is 0.271. The molecule has 0 saturated carbocycles. The highest BCUT2D eigenvalue weighted by Gasteiger charge is 2.25. The summed E-state index contributed by atoms with van der Waals surface area (Å²) in [5, 5.41) is 13.1. The van der Waals surface area contributed by atoms with Crippen LogP contribution in [0.4, 0.5) is 5.82 Å². The van der Waals surface area contributed by atoms with Crippen molar-refractivity contribution in [2.75, 3.05) is 25.1 Å². The van der Waals surface area contributed by atoms with E-state index in [4.69, 9.17) is 10.00 Å². The van der Waals surface area contributed by atoms with Gasteiger partial charge in [0.25, 0.3) is 0 Å². The quantitative estimate of drug-likeness (QED) is 0.837. The summed E-state index contributed by atoms with van der Waals surface area (Å²) in [7, 11) is 1.63. The van der Waals surface area contributed by atoms with Crippen LogP contribution in [0, 0.1) is 11.3 Å². The van der Waals surface area contributed by atoms with Crippen molar-refractivity contribution in [1.29, 1.82) is 5.26 Å². The van der Waals surface area contributed by atoms with E-state index in [1.54, 1.807) is 25.7 Å². The highest BCUT2D eigenvalue weighted by molar-refractivity contribution is 5.39. The molecule has 2 aromatic rings. The first-order valence-corrected chi connectivity index (χ1v) is 6.80. The lowest BCUT2D eigenvalue weighted by Crippen LogP contribution is -2.22. The molecular formula is C14H16N6O. The van der Waals surface area contributed by atoms with Crippen LogP contribution in [0.3, 0.4) is 0 Å². The SMILES string of the molecule is COCc1nccc(N2CCC(n3cc(C#N)cn3)C2)n1. The standard InChI is InChI=1S/C14H16N6O/c1-21-10-13-16-4-2-14(18-13)19-5-3-12(9-19)20-8-11(6-15)7-17-20/h2,4,7-8,12H,3,5,9-10H2,1H3. The monoisotopic (exact) mass is 284 g/mol. The van der Waals surface area contributed by atoms with Gasteiger partial charge in [-0.3, -0.25) is 4.68 Å². The highest BCUT2D eigenvalue weighted by Crippen LogP contribution is 2.25. The maximum atomic E-state index is 8.86. The number of nitriles is 1. The number of methoxy groups -OCH3 is 1. The molecule has 108 valence electrons. The summed E-state index contributed by atoms with van der Waals surface area (Å²) in [6.07, 6.45) is 6.14. The molecule has 1 unspecified atom stereocenters. The van der Waals surface area contributed by atoms with E-state index >= 15 is 0 Å². The minimum absolute atomic E-state index is 0.271. The van der Waals surface area contributed by atoms with Crippen molar-refractivity contribution in [2.45, 2.75) is 19.1 Å². The Labute approximate surface area is 122 Å². The molecule has 0 radical (unpaired) electrons. The van der Waals surface area contributed by atoms with Crippen LogP contribution in [0.1, 0.15) is 23.9 Å². The normalized spacial score (nSPS) is 17.9. The van der Waals surface area contributed by atoms with E-state index in [-0.39, 0.29) is 6.04 Å². The summed E-state index contributed by atoms with van der Waals surface area (Å²) < 4.78 is 6.93. The fraction of sp³-hybridized carbons (Fsp3) is 0.429. The molecule has 0 aromatic carbocycles. The summed E-state index contributed by atoms with van der Waals surface area (Å²) >= 11 is 0. The van der Waals surface area contributed by atoms with Gasteiger partial charge in [-0.15, -0.1) is 0 Å². The van der Waals surface area contributed by atoms with Crippen LogP contribution in [0.5, 0.6) is 0 Å². The molecular weight excluding hydrogens is 268 g/mol. The number of hydrogen-bond acceptors (Lipinski definition) is 6. The maximum absolute atomic E-state index is 8.86. The van der Waals surface area contributed by atoms with E-state index in [0.29, 0.717) is 18.0 Å². The Hall–Kier alpha value is -2.46. The third-order valence-electron chi connectivity index (χ3n) is 3.56. The van der Waals surface area contributed by atoms with Gasteiger partial charge in [-0.2, -0.15) is 10.4 Å². The summed E-state index contributed by atoms with van der Waals surface area (Å²) in [5.74, 6) is 1.59. The van der Waals surface area contributed by atoms with Gasteiger partial charge in [0.05, 0.1) is 17.8 Å². The number of ether oxygens (including phenoxy) is 1. The van der Waals surface area contributed by atoms with Crippen LogP contribution in [0.2, 0.25) is 0 Å². The highest BCUT2D eigenvalue weighted by atomic mass is 16.5. The summed E-state index contributed by atoms with van der Waals surface area (Å²) in [5.41, 5.74) is 0.595. The molecule has 0 spiro atoms. The van der Waals surface area contributed by atoms with Crippen molar-refractivity contribution in [3.63, 3.8) is 0 Å². The fourth-order valence-corrected chi connectivity index (χ4v) is 2.52. The Morgan fingerprint density at radius 1 is 1.52 bits per heavy atom. The Balaban J connectivity index is 1.72. The van der Waals surface area contributed by atoms with E-state index in [1.807, 2.05) is 10.7 Å². The molecule has 0 aliphatic carbocycles. The fourth-order valence-electron chi connectivity index (χ4n) is 2.52. The van der Waals surface area contributed by atoms with E-state index < -0.39 is 0 Å². The van der Waals surface area contributed by atoms with Crippen LogP contribution in [-0.4, -0.2) is 39.9 Å². The summed E-state index contributed by atoms with van der Waals surface area (Å²) in [6, 6.07) is 4.28. The summed E-state index contributed by atoms with van der Waals surface area (Å²) in [6.45, 7) is 2.15. The molecule has 0 N–H and O–H groups in total. The number of hydrogen-bond donors (Lipinski definition) is 0. The van der Waals surface area contributed by atoms with Crippen molar-refractivity contribution in [1.82, 2.24) is 19.7 Å². The van der Waals surface area contributed by atoms with Crippen molar-refractivity contribution in [2.24, 2.45) is 0 Å². The smallest absolute Gasteiger partial charge is 0.156 e. The van der Waals surface area contributed by atoms with E-state index in [2.05, 4.69) is 26.0 Å². The number of nitrogens with zero attached hydrogens (tertiary/aromatic N) is 6.